The van der Waals surface area contributed by atoms with Gasteiger partial charge in [0.05, 0.1) is 25.3 Å². The molecular formula is C37H59N8O19P2+3. The first-order valence-corrected chi connectivity index (χ1v) is 24.1. The van der Waals surface area contributed by atoms with Crippen molar-refractivity contribution in [2.24, 2.45) is 0 Å². The number of nitrogens with one attached hydrogen (secondary N) is 5. The number of nitrogens with zero attached hydrogens (tertiary/aromatic N) is 2. The topological polar surface area (TPSA) is 420 Å². The number of hydrogen-bond acceptors (Lipinski definition) is 19. The number of rotatable bonds is 23. The van der Waals surface area contributed by atoms with Crippen LogP contribution in [0.2, 0.25) is 0 Å². The molecule has 1 aromatic carbocycles. The van der Waals surface area contributed by atoms with Gasteiger partial charge in [0, 0.05) is 32.4 Å². The highest BCUT2D eigenvalue weighted by Crippen LogP contribution is 2.46. The van der Waals surface area contributed by atoms with E-state index < -0.39 is 132 Å². The summed E-state index contributed by atoms with van der Waals surface area (Å²) in [5.74, 6) is -7.06. The number of nitrogens with two attached hydrogens (primary N) is 1. The molecule has 4 rings (SSSR count). The van der Waals surface area contributed by atoms with Crippen molar-refractivity contribution in [1.82, 2.24) is 36.4 Å². The Morgan fingerprint density at radius 2 is 1.27 bits per heavy atom. The van der Waals surface area contributed by atoms with Crippen molar-refractivity contribution in [3.63, 3.8) is 0 Å². The van der Waals surface area contributed by atoms with Gasteiger partial charge >= 0.3 is 16.3 Å². The Labute approximate surface area is 378 Å². The summed E-state index contributed by atoms with van der Waals surface area (Å²) in [6.45, 7) is -1.32. The predicted octanol–water partition coefficient (Wildman–Crippen LogP) is -7.02. The molecular weight excluding hydrogens is 922 g/mol. The van der Waals surface area contributed by atoms with Crippen LogP contribution < -0.4 is 31.9 Å². The fourth-order valence-corrected chi connectivity index (χ4v) is 8.33. The van der Waals surface area contributed by atoms with Gasteiger partial charge in [-0.25, -0.2) is 0 Å². The average molecular weight is 982 g/mol. The molecule has 9 atom stereocenters. The molecule has 0 saturated carbocycles. The van der Waals surface area contributed by atoms with Crippen LogP contribution in [0.15, 0.2) is 24.3 Å². The molecule has 1 aromatic rings. The number of carbonyl (C=O) groups is 8. The standard InChI is InChI=1S/C37H56N8O19P2/c1-20(48)30(35(54)42-27(18-63-65(57,58)59)36(55)44-13-3-5-22(44)16-46)43-34(53)29-7-4-14-45(29)37(56)28(19-64-66(60,61)62)41-32(51)25(15-21-8-10-23(49)11-9-21)39-33(52)26(17-47)40-31(50)24-6-2-12-38-24/h8-11,16,20,22,24-30,38,47-48,57-62H,2-7,12-15,17-19H2,1H3,(H4-2,39,40,41,42,43,49,50,51,52,53,54)/p+3/t20-,22+,24+,25+,26+,27+,28+,29+,30+/m1/s1. The van der Waals surface area contributed by atoms with E-state index in [2.05, 4.69) is 31.1 Å². The molecule has 0 bridgehead atoms. The summed E-state index contributed by atoms with van der Waals surface area (Å²) in [6.07, 6.45) is 0.555. The molecule has 0 unspecified atom stereocenters. The molecule has 0 aromatic heterocycles. The number of phenols is 1. The highest BCUT2D eigenvalue weighted by molar-refractivity contribution is 7.53. The number of aromatic hydroxyl groups is 1. The van der Waals surface area contributed by atoms with Crippen LogP contribution in [-0.2, 0) is 53.8 Å². The number of aldehydes is 1. The molecule has 27 nitrogen and oxygen atoms in total. The maximum Gasteiger partial charge on any atom is 0.567 e. The minimum absolute atomic E-state index is 0.0666. The Balaban J connectivity index is 1.54. The van der Waals surface area contributed by atoms with Crippen molar-refractivity contribution in [3.05, 3.63) is 29.8 Å². The summed E-state index contributed by atoms with van der Waals surface area (Å²) in [7, 11) is -10.0. The maximum atomic E-state index is 14.2. The average Bonchev–Trinajstić information content (AvgIpc) is 4.07. The quantitative estimate of drug-likeness (QED) is 0.0358. The van der Waals surface area contributed by atoms with Crippen molar-refractivity contribution < 1.29 is 97.4 Å². The minimum Gasteiger partial charge on any atom is -0.508 e. The molecule has 3 aliphatic rings. The van der Waals surface area contributed by atoms with Gasteiger partial charge in [0.25, 0.3) is 5.91 Å². The molecule has 3 aliphatic heterocycles. The van der Waals surface area contributed by atoms with Crippen molar-refractivity contribution in [2.45, 2.75) is 106 Å². The van der Waals surface area contributed by atoms with Crippen LogP contribution in [0, 0.1) is 0 Å². The van der Waals surface area contributed by atoms with Gasteiger partial charge in [0.15, 0.2) is 6.04 Å². The third-order valence-electron chi connectivity index (χ3n) is 11.0. The number of aliphatic hydroxyl groups excluding tert-OH is 2. The zero-order valence-electron chi connectivity index (χ0n) is 35.7. The van der Waals surface area contributed by atoms with Gasteiger partial charge in [-0.2, -0.15) is 38.4 Å². The highest BCUT2D eigenvalue weighted by atomic mass is 31.2. The second-order valence-electron chi connectivity index (χ2n) is 16.0. The third-order valence-corrected chi connectivity index (χ3v) is 12.0. The van der Waals surface area contributed by atoms with Gasteiger partial charge in [-0.15, -0.1) is 0 Å². The van der Waals surface area contributed by atoms with Crippen molar-refractivity contribution in [1.29, 1.82) is 0 Å². The minimum atomic E-state index is -5.08. The van der Waals surface area contributed by atoms with Gasteiger partial charge < -0.3 is 61.8 Å². The highest BCUT2D eigenvalue weighted by Gasteiger charge is 2.45. The Morgan fingerprint density at radius 1 is 0.727 bits per heavy atom. The molecule has 3 fully saturated rings. The summed E-state index contributed by atoms with van der Waals surface area (Å²) in [5.41, 5.74) is 0.366. The van der Waals surface area contributed by atoms with Crippen LogP contribution in [0.3, 0.4) is 0 Å². The zero-order chi connectivity index (χ0) is 48.9. The number of amides is 7. The molecule has 66 heavy (non-hydrogen) atoms. The Morgan fingerprint density at radius 3 is 1.82 bits per heavy atom. The van der Waals surface area contributed by atoms with Crippen LogP contribution in [0.25, 0.3) is 0 Å². The summed E-state index contributed by atoms with van der Waals surface area (Å²) in [4.78, 5) is 166. The molecule has 0 aliphatic carbocycles. The summed E-state index contributed by atoms with van der Waals surface area (Å²) < 4.78 is 9.29. The van der Waals surface area contributed by atoms with Crippen LogP contribution in [0.4, 0.5) is 0 Å². The van der Waals surface area contributed by atoms with Crippen LogP contribution in [0.5, 0.6) is 5.75 Å². The van der Waals surface area contributed by atoms with E-state index in [1.54, 1.807) is 5.32 Å². The van der Waals surface area contributed by atoms with E-state index in [0.717, 1.165) is 23.1 Å². The molecule has 0 spiro atoms. The van der Waals surface area contributed by atoms with Crippen LogP contribution >= 0.6 is 16.3 Å². The number of phenolic OH excluding ortho intramolecular Hbond substituents is 1. The van der Waals surface area contributed by atoms with E-state index in [9.17, 15) is 83.0 Å². The van der Waals surface area contributed by atoms with E-state index in [1.165, 1.54) is 24.3 Å². The summed E-state index contributed by atoms with van der Waals surface area (Å²) in [6, 6.07) is -6.11. The largest absolute Gasteiger partial charge is 0.567 e. The van der Waals surface area contributed by atoms with E-state index in [4.69, 9.17) is 4.52 Å². The first-order chi connectivity index (χ1) is 31.0. The van der Waals surface area contributed by atoms with Crippen molar-refractivity contribution in [2.75, 3.05) is 39.5 Å². The molecule has 0 radical (unpaired) electrons. The molecule has 3 heterocycles. The zero-order valence-corrected chi connectivity index (χ0v) is 37.5. The molecule has 29 heteroatoms. The Bertz CT molecular complexity index is 1880. The fraction of sp³-hybridized carbons (Fsp3) is 0.622. The first kappa shape index (κ1) is 54.0. The molecule has 16 N–H and O–H groups in total. The lowest BCUT2D eigenvalue weighted by Crippen LogP contribution is -2.89. The first-order valence-electron chi connectivity index (χ1n) is 20.9. The maximum absolute atomic E-state index is 14.2. The lowest BCUT2D eigenvalue weighted by atomic mass is 10.0. The molecule has 7 amide bonds. The summed E-state index contributed by atoms with van der Waals surface area (Å²) >= 11 is 0. The lowest BCUT2D eigenvalue weighted by molar-refractivity contribution is -0.657. The molecule has 3 saturated heterocycles. The van der Waals surface area contributed by atoms with Crippen molar-refractivity contribution in [3.8, 4) is 5.75 Å². The number of aliphatic hydroxyl groups is 2. The molecule has 368 valence electrons. The number of carbonyl (C=O) groups excluding carboxylic acids is 8. The van der Waals surface area contributed by atoms with Gasteiger partial charge in [-0.3, -0.25) is 33.6 Å². The SMILES string of the molecule is C[C@@H](O)[C@H](NC(=O)[C@@H]1CCCN1C(=O)[C@H](CO[P+](O)(O)O)NC(=O)[C@H](Cc1ccc(O)cc1)NC(=O)[C@H](CO)NC(=O)[C@@H]1CCC[NH2+]1)C(=O)N[C@@H](CO[P+](O)(O)O)C(=O)N1CCC[C@H]1C=O. The summed E-state index contributed by atoms with van der Waals surface area (Å²) in [5, 5.41) is 43.9. The third kappa shape index (κ3) is 16.0. The van der Waals surface area contributed by atoms with E-state index >= 15 is 0 Å². The monoisotopic (exact) mass is 981 g/mol. The predicted molar refractivity (Wildman–Crippen MR) is 225 cm³/mol. The van der Waals surface area contributed by atoms with Gasteiger partial charge in [-0.05, 0) is 50.3 Å². The smallest absolute Gasteiger partial charge is 0.508 e. The Kier molecular flexibility index (Phi) is 20.0. The van der Waals surface area contributed by atoms with Crippen LogP contribution in [-0.4, -0.2) is 196 Å². The van der Waals surface area contributed by atoms with Crippen LogP contribution in [0.1, 0.15) is 51.0 Å². The normalized spacial score (nSPS) is 21.4. The Hall–Kier alpha value is -4.60. The fourth-order valence-electron chi connectivity index (χ4n) is 7.63. The lowest BCUT2D eigenvalue weighted by Gasteiger charge is -2.31. The second kappa shape index (κ2) is 24.4. The number of likely N-dealkylation sites (tertiary alicyclic amines) is 2. The van der Waals surface area contributed by atoms with E-state index in [-0.39, 0.29) is 44.5 Å². The van der Waals surface area contributed by atoms with Gasteiger partial charge in [0.2, 0.25) is 35.4 Å². The van der Waals surface area contributed by atoms with Crippen molar-refractivity contribution >= 4 is 64.0 Å². The van der Waals surface area contributed by atoms with E-state index in [0.29, 0.717) is 31.2 Å². The van der Waals surface area contributed by atoms with Gasteiger partial charge in [-0.1, -0.05) is 12.1 Å². The van der Waals surface area contributed by atoms with Gasteiger partial charge in [0.1, 0.15) is 61.5 Å². The van der Waals surface area contributed by atoms with E-state index in [1.807, 2.05) is 0 Å². The number of quaternary nitrogens is 1. The number of benzene rings is 1. The number of hydrogen-bond donors (Lipinski definition) is 15. The second-order valence-corrected chi connectivity index (χ2v) is 18.6.